The Morgan fingerprint density at radius 1 is 1.25 bits per heavy atom. The maximum Gasteiger partial charge on any atom is 0.228 e. The van der Waals surface area contributed by atoms with Gasteiger partial charge in [-0.1, -0.05) is 6.92 Å². The van der Waals surface area contributed by atoms with Crippen molar-refractivity contribution in [2.45, 2.75) is 52.0 Å². The molecule has 1 saturated heterocycles. The van der Waals surface area contributed by atoms with Crippen molar-refractivity contribution in [2.24, 2.45) is 11.3 Å². The van der Waals surface area contributed by atoms with E-state index in [4.69, 9.17) is 9.47 Å². The minimum atomic E-state index is -0.101. The molecule has 1 heterocycles. The molecule has 6 nitrogen and oxygen atoms in total. The van der Waals surface area contributed by atoms with Crippen LogP contribution >= 0.6 is 0 Å². The average molecular weight is 389 g/mol. The topological polar surface area (TPSA) is 67.9 Å². The number of amides is 2. The summed E-state index contributed by atoms with van der Waals surface area (Å²) in [7, 11) is 3.22. The zero-order valence-corrected chi connectivity index (χ0v) is 17.3. The molecule has 1 saturated carbocycles. The third-order valence-electron chi connectivity index (χ3n) is 6.07. The number of nitrogens with zero attached hydrogens (tertiary/aromatic N) is 1. The highest BCUT2D eigenvalue weighted by atomic mass is 16.5. The van der Waals surface area contributed by atoms with Crippen LogP contribution in [0.25, 0.3) is 0 Å². The molecule has 2 aliphatic rings. The summed E-state index contributed by atoms with van der Waals surface area (Å²) >= 11 is 0. The summed E-state index contributed by atoms with van der Waals surface area (Å²) < 4.78 is 10.6. The van der Waals surface area contributed by atoms with E-state index in [1.165, 1.54) is 0 Å². The lowest BCUT2D eigenvalue weighted by Gasteiger charge is -2.34. The van der Waals surface area contributed by atoms with Crippen LogP contribution in [-0.2, 0) is 16.1 Å². The van der Waals surface area contributed by atoms with E-state index in [1.54, 1.807) is 14.2 Å². The van der Waals surface area contributed by atoms with Gasteiger partial charge in [0, 0.05) is 43.1 Å². The predicted octanol–water partition coefficient (Wildman–Crippen LogP) is 3.14. The SMILES string of the molecule is COc1ccc(CNC(=O)CC[C@H]2CCCN(C(=O)C3(C)CC3)C2)c(OC)c1. The second kappa shape index (κ2) is 8.84. The van der Waals surface area contributed by atoms with Crippen molar-refractivity contribution in [3.05, 3.63) is 23.8 Å². The number of benzene rings is 1. The Morgan fingerprint density at radius 3 is 2.71 bits per heavy atom. The summed E-state index contributed by atoms with van der Waals surface area (Å²) in [5.74, 6) is 2.20. The molecule has 0 radical (unpaired) electrons. The Bertz CT molecular complexity index is 714. The third kappa shape index (κ3) is 4.97. The first-order valence-corrected chi connectivity index (χ1v) is 10.2. The lowest BCUT2D eigenvalue weighted by molar-refractivity contribution is -0.138. The largest absolute Gasteiger partial charge is 0.497 e. The Morgan fingerprint density at radius 2 is 2.04 bits per heavy atom. The monoisotopic (exact) mass is 388 g/mol. The number of rotatable bonds is 8. The maximum absolute atomic E-state index is 12.6. The lowest BCUT2D eigenvalue weighted by atomic mass is 9.92. The number of carbonyl (C=O) groups excluding carboxylic acids is 2. The lowest BCUT2D eigenvalue weighted by Crippen LogP contribution is -2.43. The Kier molecular flexibility index (Phi) is 6.47. The number of methoxy groups -OCH3 is 2. The summed E-state index contributed by atoms with van der Waals surface area (Å²) in [5, 5.41) is 2.98. The highest BCUT2D eigenvalue weighted by Gasteiger charge is 2.47. The standard InChI is InChI=1S/C22H32N2O4/c1-22(10-11-22)21(26)24-12-4-5-16(15-24)6-9-20(25)23-14-17-7-8-18(27-2)13-19(17)28-3/h7-8,13,16H,4-6,9-12,14-15H2,1-3H3,(H,23,25)/t16-/m1/s1. The van der Waals surface area contributed by atoms with Crippen LogP contribution in [0.2, 0.25) is 0 Å². The van der Waals surface area contributed by atoms with E-state index in [0.29, 0.717) is 30.5 Å². The van der Waals surface area contributed by atoms with Gasteiger partial charge in [-0.3, -0.25) is 9.59 Å². The Hall–Kier alpha value is -2.24. The van der Waals surface area contributed by atoms with Gasteiger partial charge in [-0.25, -0.2) is 0 Å². The van der Waals surface area contributed by atoms with Crippen molar-refractivity contribution in [1.82, 2.24) is 10.2 Å². The zero-order valence-electron chi connectivity index (χ0n) is 17.3. The molecule has 0 aromatic heterocycles. The first-order valence-electron chi connectivity index (χ1n) is 10.2. The van der Waals surface area contributed by atoms with Gasteiger partial charge in [-0.05, 0) is 50.2 Å². The highest BCUT2D eigenvalue weighted by molar-refractivity contribution is 5.85. The summed E-state index contributed by atoms with van der Waals surface area (Å²) in [6.07, 6.45) is 5.49. The van der Waals surface area contributed by atoms with Crippen LogP contribution in [0.1, 0.15) is 51.0 Å². The van der Waals surface area contributed by atoms with Crippen LogP contribution in [0, 0.1) is 11.3 Å². The molecule has 2 amide bonds. The molecule has 0 bridgehead atoms. The number of ether oxygens (including phenoxy) is 2. The van der Waals surface area contributed by atoms with E-state index in [-0.39, 0.29) is 11.3 Å². The fourth-order valence-corrected chi connectivity index (χ4v) is 3.88. The minimum Gasteiger partial charge on any atom is -0.497 e. The summed E-state index contributed by atoms with van der Waals surface area (Å²) in [4.78, 5) is 26.9. The Labute approximate surface area is 167 Å². The second-order valence-electron chi connectivity index (χ2n) is 8.31. The molecule has 2 fully saturated rings. The molecule has 1 aliphatic carbocycles. The molecule has 1 atom stereocenters. The first kappa shape index (κ1) is 20.5. The molecule has 0 unspecified atom stereocenters. The van der Waals surface area contributed by atoms with Gasteiger partial charge in [0.05, 0.1) is 14.2 Å². The average Bonchev–Trinajstić information content (AvgIpc) is 3.48. The number of carbonyl (C=O) groups is 2. The molecule has 28 heavy (non-hydrogen) atoms. The third-order valence-corrected chi connectivity index (χ3v) is 6.07. The van der Waals surface area contributed by atoms with Crippen molar-refractivity contribution in [3.8, 4) is 11.5 Å². The normalized spacial score (nSPS) is 20.4. The quantitative estimate of drug-likeness (QED) is 0.743. The predicted molar refractivity (Wildman–Crippen MR) is 107 cm³/mol. The zero-order chi connectivity index (χ0) is 20.1. The van der Waals surface area contributed by atoms with Gasteiger partial charge in [-0.15, -0.1) is 0 Å². The molecule has 6 heteroatoms. The minimum absolute atomic E-state index is 0.0375. The fraction of sp³-hybridized carbons (Fsp3) is 0.636. The number of hydrogen-bond donors (Lipinski definition) is 1. The highest BCUT2D eigenvalue weighted by Crippen LogP contribution is 2.47. The van der Waals surface area contributed by atoms with Gasteiger partial charge < -0.3 is 19.7 Å². The first-order chi connectivity index (χ1) is 13.4. The molecular weight excluding hydrogens is 356 g/mol. The van der Waals surface area contributed by atoms with Gasteiger partial charge in [0.15, 0.2) is 0 Å². The van der Waals surface area contributed by atoms with Crippen LogP contribution < -0.4 is 14.8 Å². The molecule has 3 rings (SSSR count). The van der Waals surface area contributed by atoms with Gasteiger partial charge >= 0.3 is 0 Å². The van der Waals surface area contributed by atoms with Crippen molar-refractivity contribution in [3.63, 3.8) is 0 Å². The Balaban J connectivity index is 1.43. The molecule has 1 aliphatic heterocycles. The van der Waals surface area contributed by atoms with Crippen LogP contribution in [0.5, 0.6) is 11.5 Å². The van der Waals surface area contributed by atoms with Gasteiger partial charge in [-0.2, -0.15) is 0 Å². The van der Waals surface area contributed by atoms with Gasteiger partial charge in [0.25, 0.3) is 0 Å². The molecule has 1 aromatic rings. The molecule has 154 valence electrons. The van der Waals surface area contributed by atoms with Crippen LogP contribution in [0.15, 0.2) is 18.2 Å². The van der Waals surface area contributed by atoms with Gasteiger partial charge in [0.2, 0.25) is 11.8 Å². The summed E-state index contributed by atoms with van der Waals surface area (Å²) in [6, 6.07) is 5.58. The second-order valence-corrected chi connectivity index (χ2v) is 8.31. The van der Waals surface area contributed by atoms with E-state index in [1.807, 2.05) is 23.1 Å². The number of nitrogens with one attached hydrogen (secondary N) is 1. The summed E-state index contributed by atoms with van der Waals surface area (Å²) in [5.41, 5.74) is 0.820. The van der Waals surface area contributed by atoms with Crippen molar-refractivity contribution in [2.75, 3.05) is 27.3 Å². The van der Waals surface area contributed by atoms with Crippen LogP contribution in [0.3, 0.4) is 0 Å². The van der Waals surface area contributed by atoms with E-state index >= 15 is 0 Å². The van der Waals surface area contributed by atoms with E-state index in [2.05, 4.69) is 12.2 Å². The number of likely N-dealkylation sites (tertiary alicyclic amines) is 1. The van der Waals surface area contributed by atoms with Crippen LogP contribution in [-0.4, -0.2) is 44.0 Å². The fourth-order valence-electron chi connectivity index (χ4n) is 3.88. The number of hydrogen-bond acceptors (Lipinski definition) is 4. The van der Waals surface area contributed by atoms with E-state index in [9.17, 15) is 9.59 Å². The van der Waals surface area contributed by atoms with Crippen molar-refractivity contribution < 1.29 is 19.1 Å². The smallest absolute Gasteiger partial charge is 0.228 e. The summed E-state index contributed by atoms with van der Waals surface area (Å²) in [6.45, 7) is 4.17. The maximum atomic E-state index is 12.6. The molecule has 1 N–H and O–H groups in total. The van der Waals surface area contributed by atoms with E-state index < -0.39 is 0 Å². The molecular formula is C22H32N2O4. The van der Waals surface area contributed by atoms with E-state index in [0.717, 1.165) is 56.5 Å². The molecule has 0 spiro atoms. The van der Waals surface area contributed by atoms with Crippen LogP contribution in [0.4, 0.5) is 0 Å². The van der Waals surface area contributed by atoms with Crippen molar-refractivity contribution in [1.29, 1.82) is 0 Å². The van der Waals surface area contributed by atoms with Gasteiger partial charge in [0.1, 0.15) is 11.5 Å². The van der Waals surface area contributed by atoms with Crippen molar-refractivity contribution >= 4 is 11.8 Å². The number of piperidine rings is 1. The molecule has 1 aromatic carbocycles.